The monoisotopic (exact) mass is 207 g/mol. The van der Waals surface area contributed by atoms with Crippen molar-refractivity contribution < 1.29 is 14.7 Å². The van der Waals surface area contributed by atoms with Crippen LogP contribution in [0.1, 0.15) is 18.5 Å². The molecule has 0 spiro atoms. The molecule has 0 aliphatic heterocycles. The number of carboxylic acids is 1. The summed E-state index contributed by atoms with van der Waals surface area (Å²) < 4.78 is 0. The molecule has 1 aromatic carbocycles. The Labute approximate surface area is 88.1 Å². The van der Waals surface area contributed by atoms with E-state index in [0.717, 1.165) is 0 Å². The maximum absolute atomic E-state index is 11.1. The lowest BCUT2D eigenvalue weighted by Crippen LogP contribution is -2.32. The maximum atomic E-state index is 11.1. The van der Waals surface area contributed by atoms with Gasteiger partial charge < -0.3 is 10.0 Å². The highest BCUT2D eigenvalue weighted by molar-refractivity contribution is 5.78. The van der Waals surface area contributed by atoms with Crippen LogP contribution in [-0.4, -0.2) is 28.9 Å². The normalized spacial score (nSPS) is 11.8. The summed E-state index contributed by atoms with van der Waals surface area (Å²) in [5.74, 6) is -1.02. The van der Waals surface area contributed by atoms with Crippen molar-refractivity contribution >= 4 is 12.4 Å². The first-order chi connectivity index (χ1) is 7.20. The van der Waals surface area contributed by atoms with E-state index >= 15 is 0 Å². The van der Waals surface area contributed by atoms with Gasteiger partial charge in [0.25, 0.3) is 0 Å². The minimum Gasteiger partial charge on any atom is -0.479 e. The second-order valence-corrected chi connectivity index (χ2v) is 3.09. The predicted molar refractivity (Wildman–Crippen MR) is 55.3 cm³/mol. The van der Waals surface area contributed by atoms with Crippen molar-refractivity contribution in [1.29, 1.82) is 0 Å². The number of benzene rings is 1. The van der Waals surface area contributed by atoms with Crippen LogP contribution in [0.4, 0.5) is 0 Å². The summed E-state index contributed by atoms with van der Waals surface area (Å²) in [6.07, 6.45) is 0.561. The van der Waals surface area contributed by atoms with Crippen LogP contribution in [0.3, 0.4) is 0 Å². The lowest BCUT2D eigenvalue weighted by molar-refractivity contribution is -0.146. The Kier molecular flexibility index (Phi) is 3.85. The molecule has 15 heavy (non-hydrogen) atoms. The van der Waals surface area contributed by atoms with E-state index in [9.17, 15) is 9.59 Å². The Balaban J connectivity index is 3.03. The van der Waals surface area contributed by atoms with E-state index in [1.54, 1.807) is 37.3 Å². The van der Waals surface area contributed by atoms with E-state index in [1.165, 1.54) is 4.90 Å². The molecule has 1 aromatic rings. The third-order valence-electron chi connectivity index (χ3n) is 2.18. The van der Waals surface area contributed by atoms with Gasteiger partial charge in [-0.2, -0.15) is 0 Å². The Morgan fingerprint density at radius 3 is 2.47 bits per heavy atom. The fourth-order valence-corrected chi connectivity index (χ4v) is 1.43. The number of nitrogens with zero attached hydrogens (tertiary/aromatic N) is 1. The summed E-state index contributed by atoms with van der Waals surface area (Å²) in [5, 5.41) is 9.06. The van der Waals surface area contributed by atoms with Gasteiger partial charge in [0.05, 0.1) is 0 Å². The molecule has 0 heterocycles. The van der Waals surface area contributed by atoms with Crippen molar-refractivity contribution in [2.24, 2.45) is 0 Å². The van der Waals surface area contributed by atoms with Crippen molar-refractivity contribution in [2.75, 3.05) is 6.54 Å². The van der Waals surface area contributed by atoms with Crippen LogP contribution in [-0.2, 0) is 9.59 Å². The van der Waals surface area contributed by atoms with Gasteiger partial charge in [-0.1, -0.05) is 30.3 Å². The first-order valence-corrected chi connectivity index (χ1v) is 4.69. The van der Waals surface area contributed by atoms with E-state index in [2.05, 4.69) is 0 Å². The number of carbonyl (C=O) groups is 2. The molecule has 4 heteroatoms. The number of likely N-dealkylation sites (N-methyl/N-ethyl adjacent to an activating group) is 1. The zero-order chi connectivity index (χ0) is 11.3. The van der Waals surface area contributed by atoms with Gasteiger partial charge in [-0.3, -0.25) is 4.79 Å². The number of hydrogen-bond acceptors (Lipinski definition) is 2. The first-order valence-electron chi connectivity index (χ1n) is 4.69. The summed E-state index contributed by atoms with van der Waals surface area (Å²) in [4.78, 5) is 23.0. The minimum atomic E-state index is -1.02. The topological polar surface area (TPSA) is 57.6 Å². The molecule has 4 nitrogen and oxygen atoms in total. The van der Waals surface area contributed by atoms with Crippen LogP contribution in [0.25, 0.3) is 0 Å². The molecule has 1 unspecified atom stereocenters. The Morgan fingerprint density at radius 2 is 2.07 bits per heavy atom. The van der Waals surface area contributed by atoms with Crippen LogP contribution in [0.2, 0.25) is 0 Å². The molecule has 1 atom stereocenters. The van der Waals surface area contributed by atoms with Crippen LogP contribution in [0, 0.1) is 0 Å². The number of carboxylic acid groups (broad SMARTS) is 1. The van der Waals surface area contributed by atoms with Gasteiger partial charge in [0.2, 0.25) is 6.41 Å². The van der Waals surface area contributed by atoms with E-state index in [1.807, 2.05) is 0 Å². The molecular weight excluding hydrogens is 194 g/mol. The summed E-state index contributed by atoms with van der Waals surface area (Å²) in [5.41, 5.74) is 0.610. The SMILES string of the molecule is CCN(C=O)C(C(=O)O)c1ccccc1. The van der Waals surface area contributed by atoms with Crippen molar-refractivity contribution in [3.8, 4) is 0 Å². The van der Waals surface area contributed by atoms with E-state index in [-0.39, 0.29) is 0 Å². The molecule has 0 saturated heterocycles. The zero-order valence-corrected chi connectivity index (χ0v) is 8.46. The average Bonchev–Trinajstić information content (AvgIpc) is 2.26. The fourth-order valence-electron chi connectivity index (χ4n) is 1.43. The van der Waals surface area contributed by atoms with Crippen LogP contribution >= 0.6 is 0 Å². The molecule has 0 saturated carbocycles. The third kappa shape index (κ3) is 2.56. The molecule has 0 aliphatic carbocycles. The lowest BCUT2D eigenvalue weighted by Gasteiger charge is -2.23. The molecule has 80 valence electrons. The lowest BCUT2D eigenvalue weighted by atomic mass is 10.1. The Bertz CT molecular complexity index is 337. The van der Waals surface area contributed by atoms with Crippen LogP contribution in [0.15, 0.2) is 30.3 Å². The summed E-state index contributed by atoms with van der Waals surface area (Å²) >= 11 is 0. The standard InChI is InChI=1S/C11H13NO3/c1-2-12(8-13)10(11(14)15)9-6-4-3-5-7-9/h3-8,10H,2H2,1H3,(H,14,15). The van der Waals surface area contributed by atoms with Gasteiger partial charge in [-0.15, -0.1) is 0 Å². The second-order valence-electron chi connectivity index (χ2n) is 3.09. The summed E-state index contributed by atoms with van der Waals surface area (Å²) in [7, 11) is 0. The molecule has 1 N–H and O–H groups in total. The van der Waals surface area contributed by atoms with Gasteiger partial charge in [0.15, 0.2) is 6.04 Å². The summed E-state index contributed by atoms with van der Waals surface area (Å²) in [6, 6.07) is 7.82. The van der Waals surface area contributed by atoms with E-state index < -0.39 is 12.0 Å². The Morgan fingerprint density at radius 1 is 1.47 bits per heavy atom. The molecule has 1 amide bonds. The molecule has 0 aliphatic rings. The number of amides is 1. The van der Waals surface area contributed by atoms with Crippen LogP contribution in [0.5, 0.6) is 0 Å². The first kappa shape index (κ1) is 11.2. The highest BCUT2D eigenvalue weighted by Gasteiger charge is 2.24. The highest BCUT2D eigenvalue weighted by atomic mass is 16.4. The Hall–Kier alpha value is -1.84. The van der Waals surface area contributed by atoms with E-state index in [4.69, 9.17) is 5.11 Å². The van der Waals surface area contributed by atoms with Gasteiger partial charge in [0, 0.05) is 6.54 Å². The quantitative estimate of drug-likeness (QED) is 0.740. The van der Waals surface area contributed by atoms with Gasteiger partial charge in [0.1, 0.15) is 0 Å². The molecular formula is C11H13NO3. The molecule has 0 bridgehead atoms. The number of hydrogen-bond donors (Lipinski definition) is 1. The fraction of sp³-hybridized carbons (Fsp3) is 0.273. The molecule has 1 rings (SSSR count). The predicted octanol–water partition coefficient (Wildman–Crippen LogP) is 1.29. The van der Waals surface area contributed by atoms with Gasteiger partial charge in [-0.25, -0.2) is 4.79 Å². The van der Waals surface area contributed by atoms with Crippen LogP contribution < -0.4 is 0 Å². The van der Waals surface area contributed by atoms with Crippen molar-refractivity contribution in [3.05, 3.63) is 35.9 Å². The maximum Gasteiger partial charge on any atom is 0.331 e. The number of carbonyl (C=O) groups excluding carboxylic acids is 1. The molecule has 0 aromatic heterocycles. The van der Waals surface area contributed by atoms with Crippen molar-refractivity contribution in [3.63, 3.8) is 0 Å². The average molecular weight is 207 g/mol. The smallest absolute Gasteiger partial charge is 0.331 e. The van der Waals surface area contributed by atoms with Crippen molar-refractivity contribution in [1.82, 2.24) is 4.90 Å². The summed E-state index contributed by atoms with van der Waals surface area (Å²) in [6.45, 7) is 2.11. The molecule has 0 fully saturated rings. The van der Waals surface area contributed by atoms with Crippen molar-refractivity contribution in [2.45, 2.75) is 13.0 Å². The largest absolute Gasteiger partial charge is 0.479 e. The zero-order valence-electron chi connectivity index (χ0n) is 8.46. The van der Waals surface area contributed by atoms with E-state index in [0.29, 0.717) is 18.5 Å². The molecule has 0 radical (unpaired) electrons. The minimum absolute atomic E-state index is 0.370. The van der Waals surface area contributed by atoms with Gasteiger partial charge in [-0.05, 0) is 12.5 Å². The number of rotatable bonds is 5. The highest BCUT2D eigenvalue weighted by Crippen LogP contribution is 2.18. The third-order valence-corrected chi connectivity index (χ3v) is 2.18. The second kappa shape index (κ2) is 5.14. The number of aliphatic carboxylic acids is 1. The van der Waals surface area contributed by atoms with Gasteiger partial charge >= 0.3 is 5.97 Å².